The second-order valence-corrected chi connectivity index (χ2v) is 3.16. The van der Waals surface area contributed by atoms with Crippen molar-refractivity contribution in [2.24, 2.45) is 0 Å². The Bertz CT molecular complexity index is 597. The Morgan fingerprint density at radius 3 is 3.07 bits per heavy atom. The average Bonchev–Trinajstić information content (AvgIpc) is 2.84. The summed E-state index contributed by atoms with van der Waals surface area (Å²) in [4.78, 5) is 4.14. The van der Waals surface area contributed by atoms with Crippen molar-refractivity contribution in [3.05, 3.63) is 36.7 Å². The third-order valence-electron chi connectivity index (χ3n) is 2.12. The van der Waals surface area contributed by atoms with Gasteiger partial charge < -0.3 is 10.2 Å². The third-order valence-corrected chi connectivity index (χ3v) is 2.12. The number of hydrogen-bond acceptors (Lipinski definition) is 4. The van der Waals surface area contributed by atoms with E-state index in [1.54, 1.807) is 23.0 Å². The van der Waals surface area contributed by atoms with Crippen LogP contribution in [0.3, 0.4) is 0 Å². The average molecular weight is 200 g/mol. The van der Waals surface area contributed by atoms with Crippen LogP contribution in [0.2, 0.25) is 0 Å². The summed E-state index contributed by atoms with van der Waals surface area (Å²) in [5.74, 6) is 1.20. The van der Waals surface area contributed by atoms with E-state index in [9.17, 15) is 0 Å². The number of fused-ring (bicyclic) bond motifs is 1. The molecule has 15 heavy (non-hydrogen) atoms. The summed E-state index contributed by atoms with van der Waals surface area (Å²) in [5.41, 5.74) is 7.03. The van der Waals surface area contributed by atoms with Gasteiger partial charge in [0, 0.05) is 12.3 Å². The van der Waals surface area contributed by atoms with E-state index >= 15 is 0 Å². The molecule has 0 saturated heterocycles. The lowest BCUT2D eigenvalue weighted by molar-refractivity contribution is 0.579. The van der Waals surface area contributed by atoms with Gasteiger partial charge in [0.1, 0.15) is 11.5 Å². The van der Waals surface area contributed by atoms with E-state index < -0.39 is 0 Å². The van der Waals surface area contributed by atoms with Crippen LogP contribution in [0.5, 0.6) is 0 Å². The van der Waals surface area contributed by atoms with E-state index in [1.807, 2.05) is 18.2 Å². The van der Waals surface area contributed by atoms with Gasteiger partial charge in [0.25, 0.3) is 0 Å². The van der Waals surface area contributed by atoms with E-state index in [-0.39, 0.29) is 0 Å². The molecule has 5 heteroatoms. The van der Waals surface area contributed by atoms with Crippen LogP contribution in [-0.4, -0.2) is 14.6 Å². The fraction of sp³-hybridized carbons (Fsp3) is 0. The van der Waals surface area contributed by atoms with Crippen molar-refractivity contribution in [1.82, 2.24) is 14.6 Å². The maximum absolute atomic E-state index is 5.58. The summed E-state index contributed by atoms with van der Waals surface area (Å²) in [5, 5.41) is 4.30. The Kier molecular flexibility index (Phi) is 1.53. The molecule has 3 heterocycles. The number of nitrogen functional groups attached to an aromatic ring is 1. The molecule has 0 amide bonds. The number of anilines is 1. The predicted octanol–water partition coefficient (Wildman–Crippen LogP) is 1.57. The normalized spacial score (nSPS) is 10.9. The molecule has 3 aromatic rings. The minimum absolute atomic E-state index is 0.480. The fourth-order valence-corrected chi connectivity index (χ4v) is 1.44. The number of rotatable bonds is 1. The highest BCUT2D eigenvalue weighted by Crippen LogP contribution is 2.19. The molecule has 0 radical (unpaired) electrons. The number of nitrogens with zero attached hydrogens (tertiary/aromatic N) is 3. The molecule has 0 fully saturated rings. The molecular formula is C10H8N4O. The molecule has 0 spiro atoms. The van der Waals surface area contributed by atoms with Crippen LogP contribution in [0.1, 0.15) is 0 Å². The van der Waals surface area contributed by atoms with Crippen LogP contribution in [0.4, 0.5) is 5.82 Å². The first kappa shape index (κ1) is 8.05. The van der Waals surface area contributed by atoms with Gasteiger partial charge in [0.2, 0.25) is 0 Å². The van der Waals surface area contributed by atoms with E-state index in [4.69, 9.17) is 10.2 Å². The lowest BCUT2D eigenvalue weighted by Crippen LogP contribution is -1.94. The molecule has 5 nitrogen and oxygen atoms in total. The first-order valence-electron chi connectivity index (χ1n) is 4.49. The summed E-state index contributed by atoms with van der Waals surface area (Å²) >= 11 is 0. The quantitative estimate of drug-likeness (QED) is 0.647. The molecule has 0 aliphatic carbocycles. The number of aromatic nitrogens is 3. The van der Waals surface area contributed by atoms with Crippen LogP contribution in [-0.2, 0) is 0 Å². The van der Waals surface area contributed by atoms with Crippen molar-refractivity contribution in [3.63, 3.8) is 0 Å². The lowest BCUT2D eigenvalue weighted by Gasteiger charge is -1.91. The lowest BCUT2D eigenvalue weighted by atomic mass is 10.3. The minimum atomic E-state index is 0.480. The molecule has 0 saturated carbocycles. The van der Waals surface area contributed by atoms with E-state index in [2.05, 4.69) is 10.1 Å². The fourth-order valence-electron chi connectivity index (χ4n) is 1.44. The van der Waals surface area contributed by atoms with E-state index in [0.29, 0.717) is 11.5 Å². The monoisotopic (exact) mass is 200 g/mol. The summed E-state index contributed by atoms with van der Waals surface area (Å²) in [6, 6.07) is 7.20. The zero-order chi connectivity index (χ0) is 10.3. The Balaban J connectivity index is 2.22. The zero-order valence-corrected chi connectivity index (χ0v) is 7.79. The standard InChI is InChI=1S/C10H8N4O/c11-9-3-4-14-10(12-9)6-7(13-14)8-2-1-5-15-8/h1-6H,(H2,11,12). The van der Waals surface area contributed by atoms with Gasteiger partial charge in [-0.05, 0) is 18.2 Å². The van der Waals surface area contributed by atoms with Gasteiger partial charge in [-0.2, -0.15) is 5.10 Å². The molecule has 0 unspecified atom stereocenters. The molecule has 3 aromatic heterocycles. The highest BCUT2D eigenvalue weighted by molar-refractivity contribution is 5.59. The molecule has 0 bridgehead atoms. The van der Waals surface area contributed by atoms with Crippen molar-refractivity contribution < 1.29 is 4.42 Å². The second-order valence-electron chi connectivity index (χ2n) is 3.16. The molecular weight excluding hydrogens is 192 g/mol. The molecule has 3 rings (SSSR count). The highest BCUT2D eigenvalue weighted by Gasteiger charge is 2.07. The van der Waals surface area contributed by atoms with Gasteiger partial charge in [-0.25, -0.2) is 9.50 Å². The van der Waals surface area contributed by atoms with Crippen molar-refractivity contribution >= 4 is 11.5 Å². The first-order chi connectivity index (χ1) is 7.33. The van der Waals surface area contributed by atoms with Crippen molar-refractivity contribution in [1.29, 1.82) is 0 Å². The summed E-state index contributed by atoms with van der Waals surface area (Å²) in [6.07, 6.45) is 3.38. The number of furan rings is 1. The Labute approximate surface area is 85.1 Å². The molecule has 74 valence electrons. The highest BCUT2D eigenvalue weighted by atomic mass is 16.3. The van der Waals surface area contributed by atoms with Gasteiger partial charge in [-0.3, -0.25) is 0 Å². The summed E-state index contributed by atoms with van der Waals surface area (Å²) in [7, 11) is 0. The smallest absolute Gasteiger partial charge is 0.158 e. The van der Waals surface area contributed by atoms with Gasteiger partial charge >= 0.3 is 0 Å². The van der Waals surface area contributed by atoms with Crippen LogP contribution >= 0.6 is 0 Å². The summed E-state index contributed by atoms with van der Waals surface area (Å²) in [6.45, 7) is 0. The maximum atomic E-state index is 5.58. The van der Waals surface area contributed by atoms with Crippen LogP contribution in [0, 0.1) is 0 Å². The molecule has 0 aliphatic rings. The van der Waals surface area contributed by atoms with Gasteiger partial charge in [0.05, 0.1) is 6.26 Å². The predicted molar refractivity (Wildman–Crippen MR) is 55.1 cm³/mol. The van der Waals surface area contributed by atoms with Crippen molar-refractivity contribution in [3.8, 4) is 11.5 Å². The van der Waals surface area contributed by atoms with Crippen LogP contribution in [0.25, 0.3) is 17.1 Å². The zero-order valence-electron chi connectivity index (χ0n) is 7.79. The number of hydrogen-bond donors (Lipinski definition) is 1. The minimum Gasteiger partial charge on any atom is -0.463 e. The largest absolute Gasteiger partial charge is 0.463 e. The van der Waals surface area contributed by atoms with Crippen molar-refractivity contribution in [2.45, 2.75) is 0 Å². The Morgan fingerprint density at radius 2 is 2.27 bits per heavy atom. The van der Waals surface area contributed by atoms with Crippen LogP contribution in [0.15, 0.2) is 41.1 Å². The molecule has 2 N–H and O–H groups in total. The van der Waals surface area contributed by atoms with E-state index in [1.165, 1.54) is 0 Å². The van der Waals surface area contributed by atoms with Gasteiger partial charge in [-0.1, -0.05) is 0 Å². The number of nitrogens with two attached hydrogens (primary N) is 1. The topological polar surface area (TPSA) is 69.3 Å². The Morgan fingerprint density at radius 1 is 1.33 bits per heavy atom. The first-order valence-corrected chi connectivity index (χ1v) is 4.49. The van der Waals surface area contributed by atoms with E-state index in [0.717, 1.165) is 11.5 Å². The molecule has 0 aliphatic heterocycles. The Hall–Kier alpha value is -2.30. The van der Waals surface area contributed by atoms with Crippen molar-refractivity contribution in [2.75, 3.05) is 5.73 Å². The maximum Gasteiger partial charge on any atom is 0.158 e. The third kappa shape index (κ3) is 1.25. The van der Waals surface area contributed by atoms with Gasteiger partial charge in [0.15, 0.2) is 11.4 Å². The molecule has 0 aromatic carbocycles. The van der Waals surface area contributed by atoms with Gasteiger partial charge in [-0.15, -0.1) is 0 Å². The van der Waals surface area contributed by atoms with Crippen LogP contribution < -0.4 is 5.73 Å². The molecule has 0 atom stereocenters. The SMILES string of the molecule is Nc1ccn2nc(-c3ccco3)cc2n1. The summed E-state index contributed by atoms with van der Waals surface area (Å²) < 4.78 is 6.91. The second kappa shape index (κ2) is 2.84.